The highest BCUT2D eigenvalue weighted by Crippen LogP contribution is 2.50. The summed E-state index contributed by atoms with van der Waals surface area (Å²) in [7, 11) is 1.71. The van der Waals surface area contributed by atoms with Crippen LogP contribution in [0.2, 0.25) is 0 Å². The van der Waals surface area contributed by atoms with Crippen molar-refractivity contribution in [3.05, 3.63) is 18.2 Å². The Morgan fingerprint density at radius 3 is 2.81 bits per heavy atom. The van der Waals surface area contributed by atoms with E-state index in [1.165, 1.54) is 19.3 Å². The fourth-order valence-corrected chi connectivity index (χ4v) is 5.41. The molecule has 2 aliphatic heterocycles. The molecule has 2 heterocycles. The quantitative estimate of drug-likeness (QED) is 0.727. The van der Waals surface area contributed by atoms with E-state index >= 15 is 0 Å². The van der Waals surface area contributed by atoms with Gasteiger partial charge in [0.2, 0.25) is 0 Å². The third-order valence-electron chi connectivity index (χ3n) is 7.05. The number of carbonyl (C=O) groups is 3. The zero-order valence-electron chi connectivity index (χ0n) is 15.5. The lowest BCUT2D eigenvalue weighted by Crippen LogP contribution is -2.54. The number of fused-ring (bicyclic) bond motifs is 4. The number of hydrogen-bond donors (Lipinski definition) is 0. The number of aliphatic imine (C=N–C) groups is 1. The Morgan fingerprint density at radius 2 is 2.08 bits per heavy atom. The topological polar surface area (TPSA) is 70.1 Å². The SMILES string of the molecule is CN1C(=O)N(CC(=O)[C]2C=CC=N2)C(=O)C1(C)C1C[C@H]2CCC[C@@H]1CC2. The maximum absolute atomic E-state index is 13.3. The summed E-state index contributed by atoms with van der Waals surface area (Å²) >= 11 is 0. The van der Waals surface area contributed by atoms with Gasteiger partial charge in [-0.25, -0.2) is 4.79 Å². The highest BCUT2D eigenvalue weighted by molar-refractivity contribution is 6.11. The van der Waals surface area contributed by atoms with Crippen LogP contribution in [0.25, 0.3) is 0 Å². The van der Waals surface area contributed by atoms with Crippen molar-refractivity contribution >= 4 is 23.9 Å². The lowest BCUT2D eigenvalue weighted by molar-refractivity contribution is -0.138. The van der Waals surface area contributed by atoms with Gasteiger partial charge in [0.05, 0.1) is 6.54 Å². The Balaban J connectivity index is 1.58. The van der Waals surface area contributed by atoms with Gasteiger partial charge in [-0.05, 0) is 49.7 Å². The van der Waals surface area contributed by atoms with Crippen LogP contribution in [-0.2, 0) is 9.59 Å². The van der Waals surface area contributed by atoms with Crippen molar-refractivity contribution in [2.45, 2.75) is 51.0 Å². The minimum absolute atomic E-state index is 0.183. The van der Waals surface area contributed by atoms with Crippen LogP contribution in [0.15, 0.2) is 17.1 Å². The average molecular weight is 356 g/mol. The first kappa shape index (κ1) is 17.4. The monoisotopic (exact) mass is 356 g/mol. The number of imide groups is 1. The van der Waals surface area contributed by atoms with E-state index < -0.39 is 5.54 Å². The maximum atomic E-state index is 13.3. The molecule has 1 saturated heterocycles. The molecule has 0 aromatic rings. The Hall–Kier alpha value is -1.98. The molecule has 0 spiro atoms. The predicted octanol–water partition coefficient (Wildman–Crippen LogP) is 2.60. The highest BCUT2D eigenvalue weighted by Gasteiger charge is 2.59. The first-order valence-electron chi connectivity index (χ1n) is 9.63. The van der Waals surface area contributed by atoms with Gasteiger partial charge in [-0.1, -0.05) is 25.7 Å². The average Bonchev–Trinajstić information content (AvgIpc) is 3.07. The van der Waals surface area contributed by atoms with E-state index in [0.29, 0.717) is 17.9 Å². The van der Waals surface area contributed by atoms with Crippen LogP contribution < -0.4 is 0 Å². The second-order valence-corrected chi connectivity index (χ2v) is 8.30. The number of carbonyl (C=O) groups excluding carboxylic acids is 3. The Bertz CT molecular complexity index is 684. The van der Waals surface area contributed by atoms with Gasteiger partial charge in [-0.2, -0.15) is 0 Å². The van der Waals surface area contributed by atoms with E-state index in [-0.39, 0.29) is 30.2 Å². The van der Waals surface area contributed by atoms with Crippen molar-refractivity contribution in [3.8, 4) is 0 Å². The summed E-state index contributed by atoms with van der Waals surface area (Å²) < 4.78 is 0. The normalized spacial score (nSPS) is 37.1. The van der Waals surface area contributed by atoms with Crippen LogP contribution in [0.3, 0.4) is 0 Å². The zero-order chi connectivity index (χ0) is 18.5. The molecule has 6 heteroatoms. The summed E-state index contributed by atoms with van der Waals surface area (Å²) in [4.78, 5) is 45.3. The fourth-order valence-electron chi connectivity index (χ4n) is 5.41. The summed E-state index contributed by atoms with van der Waals surface area (Å²) in [5.41, 5.74) is -0.843. The van der Waals surface area contributed by atoms with Crippen LogP contribution >= 0.6 is 0 Å². The molecule has 0 aromatic heterocycles. The number of likely N-dealkylation sites (N-methyl/N-ethyl adjacent to an activating group) is 1. The van der Waals surface area contributed by atoms with Gasteiger partial charge in [0.15, 0.2) is 11.8 Å². The fraction of sp³-hybridized carbons (Fsp3) is 0.650. The number of urea groups is 1. The largest absolute Gasteiger partial charge is 0.327 e. The number of nitrogens with zero attached hydrogens (tertiary/aromatic N) is 3. The van der Waals surface area contributed by atoms with Crippen LogP contribution in [0.5, 0.6) is 0 Å². The minimum atomic E-state index is -0.843. The van der Waals surface area contributed by atoms with Crippen LogP contribution in [0.4, 0.5) is 4.79 Å². The summed E-state index contributed by atoms with van der Waals surface area (Å²) in [6, 6.07) is -0.0621. The number of allylic oxidation sites excluding steroid dienone is 1. The molecule has 5 aliphatic rings. The predicted molar refractivity (Wildman–Crippen MR) is 97.3 cm³/mol. The van der Waals surface area contributed by atoms with Crippen LogP contribution in [0, 0.1) is 23.8 Å². The van der Waals surface area contributed by atoms with E-state index in [0.717, 1.165) is 24.2 Å². The Kier molecular flexibility index (Phi) is 4.24. The van der Waals surface area contributed by atoms with Crippen molar-refractivity contribution in [2.24, 2.45) is 22.7 Å². The van der Waals surface area contributed by atoms with E-state index in [2.05, 4.69) is 4.99 Å². The molecule has 2 bridgehead atoms. The molecule has 3 saturated carbocycles. The number of ketones is 1. The molecular formula is C20H26N3O3. The smallest absolute Gasteiger partial charge is 0.313 e. The van der Waals surface area contributed by atoms with Gasteiger partial charge in [0.1, 0.15) is 5.54 Å². The summed E-state index contributed by atoms with van der Waals surface area (Å²) in [6.45, 7) is 1.68. The molecule has 5 rings (SSSR count). The number of amides is 3. The number of hydrogen-bond acceptors (Lipinski definition) is 4. The molecule has 0 N–H and O–H groups in total. The third-order valence-corrected chi connectivity index (χ3v) is 7.05. The summed E-state index contributed by atoms with van der Waals surface area (Å²) in [5.74, 6) is 0.822. The van der Waals surface area contributed by atoms with E-state index in [1.54, 1.807) is 30.3 Å². The van der Waals surface area contributed by atoms with Crippen molar-refractivity contribution in [1.29, 1.82) is 0 Å². The first-order valence-corrected chi connectivity index (χ1v) is 9.63. The number of Topliss-reactive ketones (excluding diaryl/α,β-unsaturated/α-hetero) is 1. The standard InChI is InChI=1S/C20H26N3O3/c1-20(15-11-13-5-3-6-14(15)9-8-13)18(25)23(19(26)22(20)2)12-17(24)16-7-4-10-21-16/h4,7,10,13-15H,3,5-6,8-9,11-12H2,1-2H3/t13-,14+,15?,20?/m0/s1. The summed E-state index contributed by atoms with van der Waals surface area (Å²) in [5, 5.41) is 0. The molecule has 26 heavy (non-hydrogen) atoms. The molecule has 3 aliphatic carbocycles. The third kappa shape index (κ3) is 2.53. The van der Waals surface area contributed by atoms with Crippen molar-refractivity contribution < 1.29 is 14.4 Å². The van der Waals surface area contributed by atoms with Crippen molar-refractivity contribution in [2.75, 3.05) is 13.6 Å². The molecule has 1 radical (unpaired) electrons. The Morgan fingerprint density at radius 1 is 1.27 bits per heavy atom. The molecule has 4 atom stereocenters. The molecule has 139 valence electrons. The zero-order valence-corrected chi connectivity index (χ0v) is 15.5. The van der Waals surface area contributed by atoms with Gasteiger partial charge in [0.25, 0.3) is 5.91 Å². The van der Waals surface area contributed by atoms with E-state index in [1.807, 2.05) is 6.92 Å². The van der Waals surface area contributed by atoms with Gasteiger partial charge in [-0.3, -0.25) is 19.5 Å². The molecular weight excluding hydrogens is 330 g/mol. The molecule has 0 aromatic carbocycles. The van der Waals surface area contributed by atoms with Crippen LogP contribution in [0.1, 0.15) is 45.4 Å². The van der Waals surface area contributed by atoms with E-state index in [4.69, 9.17) is 0 Å². The molecule has 2 unspecified atom stereocenters. The van der Waals surface area contributed by atoms with Crippen molar-refractivity contribution in [1.82, 2.24) is 9.80 Å². The van der Waals surface area contributed by atoms with E-state index in [9.17, 15) is 14.4 Å². The summed E-state index contributed by atoms with van der Waals surface area (Å²) in [6.07, 6.45) is 11.8. The minimum Gasteiger partial charge on any atom is -0.313 e. The molecule has 6 nitrogen and oxygen atoms in total. The van der Waals surface area contributed by atoms with Gasteiger partial charge < -0.3 is 4.90 Å². The Labute approximate surface area is 154 Å². The number of rotatable bonds is 4. The van der Waals surface area contributed by atoms with Crippen LogP contribution in [-0.4, -0.2) is 52.9 Å². The van der Waals surface area contributed by atoms with Gasteiger partial charge in [0, 0.05) is 13.3 Å². The first-order chi connectivity index (χ1) is 12.4. The second kappa shape index (κ2) is 6.32. The lowest BCUT2D eigenvalue weighted by atomic mass is 9.66. The lowest BCUT2D eigenvalue weighted by Gasteiger charge is -2.44. The molecule has 4 fully saturated rings. The van der Waals surface area contributed by atoms with Gasteiger partial charge in [-0.15, -0.1) is 0 Å². The maximum Gasteiger partial charge on any atom is 0.327 e. The highest BCUT2D eigenvalue weighted by atomic mass is 16.2. The van der Waals surface area contributed by atoms with Crippen molar-refractivity contribution in [3.63, 3.8) is 0 Å². The molecule has 3 amide bonds. The second-order valence-electron chi connectivity index (χ2n) is 8.30. The van der Waals surface area contributed by atoms with Gasteiger partial charge >= 0.3 is 6.03 Å².